The van der Waals surface area contributed by atoms with Gasteiger partial charge in [0.25, 0.3) is 5.91 Å². The van der Waals surface area contributed by atoms with Crippen molar-refractivity contribution in [1.82, 2.24) is 10.6 Å². The number of alkyl halides is 3. The zero-order chi connectivity index (χ0) is 32.4. The predicted molar refractivity (Wildman–Crippen MR) is 164 cm³/mol. The van der Waals surface area contributed by atoms with Crippen LogP contribution in [-0.4, -0.2) is 29.8 Å². The van der Waals surface area contributed by atoms with Crippen molar-refractivity contribution in [3.63, 3.8) is 0 Å². The van der Waals surface area contributed by atoms with Gasteiger partial charge >= 0.3 is 6.18 Å². The number of rotatable bonds is 13. The Hall–Kier alpha value is -4.05. The average Bonchev–Trinajstić information content (AvgIpc) is 2.95. The van der Waals surface area contributed by atoms with Gasteiger partial charge in [0, 0.05) is 10.7 Å². The van der Waals surface area contributed by atoms with Crippen molar-refractivity contribution in [2.45, 2.75) is 65.4 Å². The Bertz CT molecular complexity index is 1410. The number of carbonyl (C=O) groups is 3. The van der Waals surface area contributed by atoms with Crippen LogP contribution < -0.4 is 20.7 Å². The number of carbonyl (C=O) groups excluding carboxylic acids is 3. The molecule has 7 nitrogen and oxygen atoms in total. The Morgan fingerprint density at radius 2 is 1.39 bits per heavy atom. The van der Waals surface area contributed by atoms with Crippen LogP contribution in [0.5, 0.6) is 5.75 Å². The first-order chi connectivity index (χ1) is 20.7. The fourth-order valence-corrected chi connectivity index (χ4v) is 4.60. The molecule has 3 N–H and O–H groups in total. The minimum atomic E-state index is -4.51. The molecule has 0 aliphatic carbocycles. The van der Waals surface area contributed by atoms with E-state index in [9.17, 15) is 27.6 Å². The lowest BCUT2D eigenvalue weighted by atomic mass is 9.99. The summed E-state index contributed by atoms with van der Waals surface area (Å²) in [6.07, 6.45) is -3.98. The summed E-state index contributed by atoms with van der Waals surface area (Å²) in [6.45, 7) is 7.73. The SMILES string of the molecule is CC(C)C[C@H](NC(=O)c1cc(Cl)ccc1OCc1ccccc1)C(=O)N[C@@H](CC(C)C)C(=O)Nc1ccc(C(F)(F)F)cc1. The highest BCUT2D eigenvalue weighted by molar-refractivity contribution is 6.31. The molecule has 0 radical (unpaired) electrons. The van der Waals surface area contributed by atoms with Gasteiger partial charge in [0.1, 0.15) is 24.4 Å². The number of anilines is 1. The molecule has 0 saturated heterocycles. The topological polar surface area (TPSA) is 96.5 Å². The third-order valence-electron chi connectivity index (χ3n) is 6.57. The third kappa shape index (κ3) is 10.6. The second kappa shape index (κ2) is 15.6. The van der Waals surface area contributed by atoms with E-state index < -0.39 is 41.5 Å². The molecule has 0 unspecified atom stereocenters. The Balaban J connectivity index is 1.76. The normalized spacial score (nSPS) is 12.9. The molecule has 0 heterocycles. The first-order valence-corrected chi connectivity index (χ1v) is 14.7. The monoisotopic (exact) mass is 631 g/mol. The van der Waals surface area contributed by atoms with E-state index >= 15 is 0 Å². The van der Waals surface area contributed by atoms with E-state index in [-0.39, 0.29) is 48.3 Å². The number of hydrogen-bond acceptors (Lipinski definition) is 4. The second-order valence-electron chi connectivity index (χ2n) is 11.3. The molecular formula is C33H37ClF3N3O4. The van der Waals surface area contributed by atoms with E-state index in [4.69, 9.17) is 16.3 Å². The number of nitrogens with one attached hydrogen (secondary N) is 3. The van der Waals surface area contributed by atoms with Gasteiger partial charge in [0.2, 0.25) is 11.8 Å². The van der Waals surface area contributed by atoms with E-state index in [1.807, 2.05) is 58.0 Å². The van der Waals surface area contributed by atoms with Gasteiger partial charge < -0.3 is 20.7 Å². The quantitative estimate of drug-likeness (QED) is 0.185. The Morgan fingerprint density at radius 1 is 0.795 bits per heavy atom. The van der Waals surface area contributed by atoms with Gasteiger partial charge in [-0.05, 0) is 72.7 Å². The highest BCUT2D eigenvalue weighted by Crippen LogP contribution is 2.30. The summed E-state index contributed by atoms with van der Waals surface area (Å²) >= 11 is 6.20. The molecule has 0 fully saturated rings. The molecule has 0 saturated carbocycles. The second-order valence-corrected chi connectivity index (χ2v) is 11.8. The molecule has 11 heteroatoms. The zero-order valence-electron chi connectivity index (χ0n) is 25.0. The molecule has 44 heavy (non-hydrogen) atoms. The molecule has 3 aromatic carbocycles. The highest BCUT2D eigenvalue weighted by Gasteiger charge is 2.31. The molecule has 0 aromatic heterocycles. The fraction of sp³-hybridized carbons (Fsp3) is 0.364. The number of hydrogen-bond donors (Lipinski definition) is 3. The smallest absolute Gasteiger partial charge is 0.416 e. The maximum absolute atomic E-state index is 13.5. The molecule has 3 amide bonds. The van der Waals surface area contributed by atoms with Gasteiger partial charge in [-0.25, -0.2) is 0 Å². The van der Waals surface area contributed by atoms with Gasteiger partial charge in [-0.1, -0.05) is 69.6 Å². The van der Waals surface area contributed by atoms with Crippen LogP contribution in [0.1, 0.15) is 62.0 Å². The van der Waals surface area contributed by atoms with Crippen LogP contribution in [0.15, 0.2) is 72.8 Å². The lowest BCUT2D eigenvalue weighted by Crippen LogP contribution is -2.53. The maximum Gasteiger partial charge on any atom is 0.416 e. The first kappa shape index (κ1) is 34.4. The molecule has 0 aliphatic rings. The van der Waals surface area contributed by atoms with Crippen LogP contribution >= 0.6 is 11.6 Å². The summed E-state index contributed by atoms with van der Waals surface area (Å²) in [5.74, 6) is -1.46. The highest BCUT2D eigenvalue weighted by atomic mass is 35.5. The molecule has 3 rings (SSSR count). The lowest BCUT2D eigenvalue weighted by Gasteiger charge is -2.25. The summed E-state index contributed by atoms with van der Waals surface area (Å²) < 4.78 is 44.7. The number of halogens is 4. The standard InChI is InChI=1S/C33H37ClF3N3O4/c1-20(2)16-27(31(42)38-25-13-10-23(11-14-25)33(35,36)37)40-32(43)28(17-21(3)4)39-30(41)26-18-24(34)12-15-29(26)44-19-22-8-6-5-7-9-22/h5-15,18,20-21,27-28H,16-17,19H2,1-4H3,(H,38,42)(H,39,41)(H,40,43)/t27-,28-/m0/s1. The molecule has 0 bridgehead atoms. The summed E-state index contributed by atoms with van der Waals surface area (Å²) in [5, 5.41) is 8.39. The van der Waals surface area contributed by atoms with Crippen molar-refractivity contribution >= 4 is 35.0 Å². The van der Waals surface area contributed by atoms with Crippen molar-refractivity contribution in [3.05, 3.63) is 94.5 Å². The average molecular weight is 632 g/mol. The van der Waals surface area contributed by atoms with Crippen LogP contribution in [0.2, 0.25) is 5.02 Å². The van der Waals surface area contributed by atoms with Crippen LogP contribution in [-0.2, 0) is 22.4 Å². The van der Waals surface area contributed by atoms with Crippen LogP contribution in [0.3, 0.4) is 0 Å². The number of amides is 3. The Kier molecular flexibility index (Phi) is 12.2. The van der Waals surface area contributed by atoms with E-state index in [0.29, 0.717) is 5.02 Å². The minimum absolute atomic E-state index is 0.00346. The van der Waals surface area contributed by atoms with Crippen LogP contribution in [0.25, 0.3) is 0 Å². The zero-order valence-corrected chi connectivity index (χ0v) is 25.8. The summed E-state index contributed by atoms with van der Waals surface area (Å²) in [7, 11) is 0. The molecule has 2 atom stereocenters. The molecule has 0 aliphatic heterocycles. The lowest BCUT2D eigenvalue weighted by molar-refractivity contribution is -0.137. The first-order valence-electron chi connectivity index (χ1n) is 14.3. The fourth-order valence-electron chi connectivity index (χ4n) is 4.43. The van der Waals surface area contributed by atoms with Gasteiger partial charge in [0.15, 0.2) is 0 Å². The maximum atomic E-state index is 13.5. The number of ether oxygens (including phenoxy) is 1. The van der Waals surface area contributed by atoms with E-state index in [0.717, 1.165) is 29.8 Å². The Labute approximate surface area is 260 Å². The minimum Gasteiger partial charge on any atom is -0.488 e. The van der Waals surface area contributed by atoms with Crippen molar-refractivity contribution < 1.29 is 32.3 Å². The molecule has 3 aromatic rings. The third-order valence-corrected chi connectivity index (χ3v) is 6.81. The predicted octanol–water partition coefficient (Wildman–Crippen LogP) is 7.25. The van der Waals surface area contributed by atoms with Crippen LogP contribution in [0, 0.1) is 11.8 Å². The van der Waals surface area contributed by atoms with Crippen molar-refractivity contribution in [1.29, 1.82) is 0 Å². The van der Waals surface area contributed by atoms with Crippen LogP contribution in [0.4, 0.5) is 18.9 Å². The summed E-state index contributed by atoms with van der Waals surface area (Å²) in [4.78, 5) is 40.2. The van der Waals surface area contributed by atoms with E-state index in [1.54, 1.807) is 12.1 Å². The van der Waals surface area contributed by atoms with Gasteiger partial charge in [-0.3, -0.25) is 14.4 Å². The van der Waals surface area contributed by atoms with Crippen molar-refractivity contribution in [2.24, 2.45) is 11.8 Å². The molecular weight excluding hydrogens is 595 g/mol. The van der Waals surface area contributed by atoms with Gasteiger partial charge in [0.05, 0.1) is 11.1 Å². The summed E-state index contributed by atoms with van der Waals surface area (Å²) in [5.41, 5.74) is 0.357. The van der Waals surface area contributed by atoms with E-state index in [2.05, 4.69) is 16.0 Å². The van der Waals surface area contributed by atoms with Gasteiger partial charge in [-0.15, -0.1) is 0 Å². The van der Waals surface area contributed by atoms with E-state index in [1.165, 1.54) is 6.07 Å². The molecule has 236 valence electrons. The van der Waals surface area contributed by atoms with Crippen molar-refractivity contribution in [3.8, 4) is 5.75 Å². The van der Waals surface area contributed by atoms with Gasteiger partial charge in [-0.2, -0.15) is 13.2 Å². The Morgan fingerprint density at radius 3 is 1.95 bits per heavy atom. The molecule has 0 spiro atoms. The largest absolute Gasteiger partial charge is 0.488 e. The number of benzene rings is 3. The van der Waals surface area contributed by atoms with Crippen molar-refractivity contribution in [2.75, 3.05) is 5.32 Å². The summed E-state index contributed by atoms with van der Waals surface area (Å²) in [6, 6.07) is 16.1.